The van der Waals surface area contributed by atoms with Crippen molar-refractivity contribution in [2.24, 2.45) is 5.73 Å². The van der Waals surface area contributed by atoms with Crippen molar-refractivity contribution in [3.8, 4) is 0 Å². The maximum Gasteiger partial charge on any atom is 0.269 e. The number of nitro groups is 1. The van der Waals surface area contributed by atoms with Gasteiger partial charge in [-0.15, -0.1) is 0 Å². The van der Waals surface area contributed by atoms with Crippen molar-refractivity contribution >= 4 is 23.2 Å². The van der Waals surface area contributed by atoms with Gasteiger partial charge in [0.25, 0.3) is 17.5 Å². The van der Waals surface area contributed by atoms with Crippen LogP contribution in [0.3, 0.4) is 0 Å². The summed E-state index contributed by atoms with van der Waals surface area (Å²) >= 11 is 0. The van der Waals surface area contributed by atoms with E-state index in [0.717, 1.165) is 0 Å². The standard InChI is InChI=1S/C9H9N3O5/c10-8(14)7(13)9(15)11-5-1-3-6(4-2-5)12(16)17/h1-4,7,13H,(H2,10,14)(H,11,15). The molecule has 0 heterocycles. The smallest absolute Gasteiger partial charge is 0.269 e. The summed E-state index contributed by atoms with van der Waals surface area (Å²) in [5.41, 5.74) is 4.78. The zero-order valence-electron chi connectivity index (χ0n) is 8.49. The van der Waals surface area contributed by atoms with Crippen LogP contribution in [0.25, 0.3) is 0 Å². The Morgan fingerprint density at radius 1 is 1.35 bits per heavy atom. The Bertz CT molecular complexity index is 456. The molecule has 0 aliphatic rings. The molecule has 0 fully saturated rings. The first kappa shape index (κ1) is 12.6. The number of anilines is 1. The Morgan fingerprint density at radius 3 is 2.29 bits per heavy atom. The van der Waals surface area contributed by atoms with E-state index in [1.54, 1.807) is 0 Å². The van der Waals surface area contributed by atoms with E-state index in [2.05, 4.69) is 5.32 Å². The van der Waals surface area contributed by atoms with Gasteiger partial charge in [0.15, 0.2) is 0 Å². The van der Waals surface area contributed by atoms with E-state index >= 15 is 0 Å². The molecule has 1 aromatic carbocycles. The van der Waals surface area contributed by atoms with Crippen molar-refractivity contribution in [3.05, 3.63) is 34.4 Å². The van der Waals surface area contributed by atoms with Crippen molar-refractivity contribution in [2.75, 3.05) is 5.32 Å². The largest absolute Gasteiger partial charge is 0.375 e. The second-order valence-electron chi connectivity index (χ2n) is 3.10. The Hall–Kier alpha value is -2.48. The molecule has 0 spiro atoms. The second-order valence-corrected chi connectivity index (χ2v) is 3.10. The molecule has 17 heavy (non-hydrogen) atoms. The monoisotopic (exact) mass is 239 g/mol. The molecule has 8 nitrogen and oxygen atoms in total. The summed E-state index contributed by atoms with van der Waals surface area (Å²) in [5.74, 6) is -2.17. The molecule has 0 radical (unpaired) electrons. The van der Waals surface area contributed by atoms with Gasteiger partial charge < -0.3 is 16.2 Å². The number of rotatable bonds is 4. The first-order chi connectivity index (χ1) is 7.91. The van der Waals surface area contributed by atoms with Gasteiger partial charge in [0.2, 0.25) is 6.10 Å². The lowest BCUT2D eigenvalue weighted by atomic mass is 10.2. The number of carbonyl (C=O) groups excluding carboxylic acids is 2. The first-order valence-electron chi connectivity index (χ1n) is 4.44. The number of nitro benzene ring substituents is 1. The molecule has 1 unspecified atom stereocenters. The Balaban J connectivity index is 2.73. The van der Waals surface area contributed by atoms with Crippen LogP contribution >= 0.6 is 0 Å². The lowest BCUT2D eigenvalue weighted by molar-refractivity contribution is -0.384. The van der Waals surface area contributed by atoms with E-state index < -0.39 is 22.8 Å². The minimum atomic E-state index is -1.95. The van der Waals surface area contributed by atoms with Gasteiger partial charge in [-0.25, -0.2) is 0 Å². The van der Waals surface area contributed by atoms with Crippen LogP contribution in [-0.4, -0.2) is 27.9 Å². The maximum absolute atomic E-state index is 11.2. The molecule has 0 saturated heterocycles. The highest BCUT2D eigenvalue weighted by atomic mass is 16.6. The third-order valence-corrected chi connectivity index (χ3v) is 1.86. The van der Waals surface area contributed by atoms with E-state index in [4.69, 9.17) is 10.8 Å². The third kappa shape index (κ3) is 3.24. The number of nitrogens with zero attached hydrogens (tertiary/aromatic N) is 1. The molecule has 4 N–H and O–H groups in total. The topological polar surface area (TPSA) is 136 Å². The average Bonchev–Trinajstić information content (AvgIpc) is 2.28. The quantitative estimate of drug-likeness (QED) is 0.365. The van der Waals surface area contributed by atoms with Crippen molar-refractivity contribution in [3.63, 3.8) is 0 Å². The number of nitrogens with one attached hydrogen (secondary N) is 1. The van der Waals surface area contributed by atoms with Crippen molar-refractivity contribution < 1.29 is 19.6 Å². The number of amides is 2. The van der Waals surface area contributed by atoms with Crippen LogP contribution in [0.1, 0.15) is 0 Å². The van der Waals surface area contributed by atoms with Crippen LogP contribution in [0.2, 0.25) is 0 Å². The zero-order chi connectivity index (χ0) is 13.0. The molecule has 1 aromatic rings. The van der Waals surface area contributed by atoms with E-state index in [0.29, 0.717) is 0 Å². The molecule has 90 valence electrons. The lowest BCUT2D eigenvalue weighted by Gasteiger charge is -2.07. The van der Waals surface area contributed by atoms with Crippen molar-refractivity contribution in [1.82, 2.24) is 0 Å². The van der Waals surface area contributed by atoms with E-state index in [9.17, 15) is 19.7 Å². The maximum atomic E-state index is 11.2. The minimum Gasteiger partial charge on any atom is -0.375 e. The van der Waals surface area contributed by atoms with E-state index in [1.807, 2.05) is 0 Å². The highest BCUT2D eigenvalue weighted by Crippen LogP contribution is 2.15. The van der Waals surface area contributed by atoms with Gasteiger partial charge >= 0.3 is 0 Å². The Labute approximate surface area is 95.2 Å². The highest BCUT2D eigenvalue weighted by molar-refractivity contribution is 6.08. The fraction of sp³-hybridized carbons (Fsp3) is 0.111. The Kier molecular flexibility index (Phi) is 3.73. The summed E-state index contributed by atoms with van der Waals surface area (Å²) in [6, 6.07) is 4.88. The van der Waals surface area contributed by atoms with Crippen LogP contribution in [0.4, 0.5) is 11.4 Å². The predicted octanol–water partition coefficient (Wildman–Crippen LogP) is -0.621. The molecule has 0 aliphatic carbocycles. The van der Waals surface area contributed by atoms with Gasteiger partial charge in [0, 0.05) is 17.8 Å². The van der Waals surface area contributed by atoms with Crippen molar-refractivity contribution in [1.29, 1.82) is 0 Å². The number of aliphatic hydroxyl groups excluding tert-OH is 1. The summed E-state index contributed by atoms with van der Waals surface area (Å²) in [6.07, 6.45) is -1.95. The van der Waals surface area contributed by atoms with Crippen LogP contribution in [0.15, 0.2) is 24.3 Å². The number of non-ortho nitro benzene ring substituents is 1. The SMILES string of the molecule is NC(=O)C(O)C(=O)Nc1ccc([N+](=O)[O-])cc1. The van der Waals surface area contributed by atoms with Crippen LogP contribution in [-0.2, 0) is 9.59 Å². The van der Waals surface area contributed by atoms with E-state index in [-0.39, 0.29) is 11.4 Å². The van der Waals surface area contributed by atoms with Gasteiger partial charge in [-0.2, -0.15) is 0 Å². The molecule has 0 aromatic heterocycles. The third-order valence-electron chi connectivity index (χ3n) is 1.86. The number of hydrogen-bond donors (Lipinski definition) is 3. The lowest BCUT2D eigenvalue weighted by Crippen LogP contribution is -2.39. The zero-order valence-corrected chi connectivity index (χ0v) is 8.49. The number of benzene rings is 1. The molecule has 0 aliphatic heterocycles. The molecule has 0 saturated carbocycles. The van der Waals surface area contributed by atoms with Gasteiger partial charge in [0.05, 0.1) is 4.92 Å². The molecule has 2 amide bonds. The number of carbonyl (C=O) groups is 2. The molecule has 1 atom stereocenters. The number of nitrogens with two attached hydrogens (primary N) is 1. The minimum absolute atomic E-state index is 0.140. The fourth-order valence-electron chi connectivity index (χ4n) is 1.01. The predicted molar refractivity (Wildman–Crippen MR) is 56.9 cm³/mol. The highest BCUT2D eigenvalue weighted by Gasteiger charge is 2.20. The molecular weight excluding hydrogens is 230 g/mol. The average molecular weight is 239 g/mol. The van der Waals surface area contributed by atoms with Gasteiger partial charge in [-0.05, 0) is 12.1 Å². The van der Waals surface area contributed by atoms with E-state index in [1.165, 1.54) is 24.3 Å². The summed E-state index contributed by atoms with van der Waals surface area (Å²) in [5, 5.41) is 21.5. The normalized spacial score (nSPS) is 11.6. The number of hydrogen-bond acceptors (Lipinski definition) is 5. The first-order valence-corrected chi connectivity index (χ1v) is 4.44. The van der Waals surface area contributed by atoms with Gasteiger partial charge in [-0.3, -0.25) is 19.7 Å². The summed E-state index contributed by atoms with van der Waals surface area (Å²) in [7, 11) is 0. The van der Waals surface area contributed by atoms with Crippen LogP contribution in [0, 0.1) is 10.1 Å². The summed E-state index contributed by atoms with van der Waals surface area (Å²) < 4.78 is 0. The second kappa shape index (κ2) is 5.03. The molecule has 0 bridgehead atoms. The van der Waals surface area contributed by atoms with Gasteiger partial charge in [-0.1, -0.05) is 0 Å². The number of aliphatic hydroxyl groups is 1. The molecule has 1 rings (SSSR count). The fourth-order valence-corrected chi connectivity index (χ4v) is 1.01. The number of primary amides is 1. The molecule has 8 heteroatoms. The summed E-state index contributed by atoms with van der Waals surface area (Å²) in [6.45, 7) is 0. The van der Waals surface area contributed by atoms with Crippen LogP contribution in [0.5, 0.6) is 0 Å². The van der Waals surface area contributed by atoms with Crippen LogP contribution < -0.4 is 11.1 Å². The van der Waals surface area contributed by atoms with Crippen molar-refractivity contribution in [2.45, 2.75) is 6.10 Å². The van der Waals surface area contributed by atoms with Gasteiger partial charge in [0.1, 0.15) is 0 Å². The molecular formula is C9H9N3O5. The summed E-state index contributed by atoms with van der Waals surface area (Å²) in [4.78, 5) is 31.4. The Morgan fingerprint density at radius 2 is 1.88 bits per heavy atom.